The summed E-state index contributed by atoms with van der Waals surface area (Å²) in [6.45, 7) is -0.348. The van der Waals surface area contributed by atoms with E-state index < -0.39 is 6.61 Å². The number of benzene rings is 2. The van der Waals surface area contributed by atoms with E-state index in [-0.39, 0.29) is 24.0 Å². The molecule has 0 unspecified atom stereocenters. The van der Waals surface area contributed by atoms with Crippen molar-refractivity contribution in [3.05, 3.63) is 47.0 Å². The lowest BCUT2D eigenvalue weighted by Crippen LogP contribution is -2.29. The predicted octanol–water partition coefficient (Wildman–Crippen LogP) is 4.42. The maximum atomic E-state index is 12.5. The third-order valence-corrected chi connectivity index (χ3v) is 4.12. The van der Waals surface area contributed by atoms with Crippen molar-refractivity contribution in [3.63, 3.8) is 0 Å². The second kappa shape index (κ2) is 10.8. The molecule has 2 rings (SSSR count). The number of anilines is 1. The SMILES string of the molecule is CCOc1cc(CN(C)CC(=O)Nc2ccc(OC)c(Cl)c2)ccc1OC(F)F. The standard InChI is InChI=1S/C20H23ClF2N2O4/c1-4-28-18-9-13(5-7-17(18)29-20(22)23)11-25(2)12-19(26)24-14-6-8-16(27-3)15(21)10-14/h5-10,20H,4,11-12H2,1-3H3,(H,24,26). The Morgan fingerprint density at radius 1 is 1.17 bits per heavy atom. The van der Waals surface area contributed by atoms with Gasteiger partial charge >= 0.3 is 6.61 Å². The number of ether oxygens (including phenoxy) is 3. The molecule has 29 heavy (non-hydrogen) atoms. The minimum atomic E-state index is -2.93. The Labute approximate surface area is 173 Å². The summed E-state index contributed by atoms with van der Waals surface area (Å²) < 4.78 is 39.9. The van der Waals surface area contributed by atoms with E-state index in [1.807, 2.05) is 0 Å². The molecule has 0 saturated heterocycles. The maximum Gasteiger partial charge on any atom is 0.387 e. The van der Waals surface area contributed by atoms with Crippen LogP contribution < -0.4 is 19.5 Å². The van der Waals surface area contributed by atoms with Crippen molar-refractivity contribution >= 4 is 23.2 Å². The minimum Gasteiger partial charge on any atom is -0.495 e. The number of methoxy groups -OCH3 is 1. The van der Waals surface area contributed by atoms with Gasteiger partial charge in [-0.15, -0.1) is 0 Å². The fraction of sp³-hybridized carbons (Fsp3) is 0.350. The minimum absolute atomic E-state index is 0.0256. The van der Waals surface area contributed by atoms with Crippen LogP contribution in [0.25, 0.3) is 0 Å². The summed E-state index contributed by atoms with van der Waals surface area (Å²) >= 11 is 6.06. The van der Waals surface area contributed by atoms with Gasteiger partial charge in [0.1, 0.15) is 5.75 Å². The zero-order valence-corrected chi connectivity index (χ0v) is 17.1. The normalized spacial score (nSPS) is 10.9. The van der Waals surface area contributed by atoms with Crippen molar-refractivity contribution in [1.29, 1.82) is 0 Å². The van der Waals surface area contributed by atoms with Crippen molar-refractivity contribution < 1.29 is 27.8 Å². The first-order chi connectivity index (χ1) is 13.8. The van der Waals surface area contributed by atoms with E-state index in [0.717, 1.165) is 5.56 Å². The van der Waals surface area contributed by atoms with Crippen LogP contribution in [0, 0.1) is 0 Å². The predicted molar refractivity (Wildman–Crippen MR) is 107 cm³/mol. The molecule has 158 valence electrons. The highest BCUT2D eigenvalue weighted by Gasteiger charge is 2.14. The number of likely N-dealkylation sites (N-methyl/N-ethyl adjacent to an activating group) is 1. The molecule has 0 fully saturated rings. The van der Waals surface area contributed by atoms with Crippen LogP contribution in [0.2, 0.25) is 5.02 Å². The molecule has 0 atom stereocenters. The van der Waals surface area contributed by atoms with Gasteiger partial charge in [-0.2, -0.15) is 8.78 Å². The molecule has 0 aliphatic carbocycles. The molecule has 6 nitrogen and oxygen atoms in total. The van der Waals surface area contributed by atoms with Gasteiger partial charge in [-0.05, 0) is 49.9 Å². The Morgan fingerprint density at radius 3 is 2.52 bits per heavy atom. The third kappa shape index (κ3) is 7.07. The number of hydrogen-bond acceptors (Lipinski definition) is 5. The summed E-state index contributed by atoms with van der Waals surface area (Å²) in [5, 5.41) is 3.16. The van der Waals surface area contributed by atoms with E-state index in [1.165, 1.54) is 13.2 Å². The summed E-state index contributed by atoms with van der Waals surface area (Å²) in [6, 6.07) is 9.67. The first-order valence-electron chi connectivity index (χ1n) is 8.84. The largest absolute Gasteiger partial charge is 0.495 e. The van der Waals surface area contributed by atoms with Crippen LogP contribution in [0.1, 0.15) is 12.5 Å². The number of rotatable bonds is 10. The number of alkyl halides is 2. The Morgan fingerprint density at radius 2 is 1.90 bits per heavy atom. The number of halogens is 3. The van der Waals surface area contributed by atoms with Gasteiger partial charge in [-0.25, -0.2) is 0 Å². The Balaban J connectivity index is 1.97. The zero-order valence-electron chi connectivity index (χ0n) is 16.4. The van der Waals surface area contributed by atoms with Gasteiger partial charge in [-0.3, -0.25) is 9.69 Å². The molecule has 2 aromatic rings. The zero-order chi connectivity index (χ0) is 21.4. The average molecular weight is 429 g/mol. The molecule has 1 amide bonds. The van der Waals surface area contributed by atoms with E-state index in [0.29, 0.717) is 29.6 Å². The first kappa shape index (κ1) is 22.7. The molecule has 9 heteroatoms. The molecular formula is C20H23ClF2N2O4. The number of hydrogen-bond donors (Lipinski definition) is 1. The molecule has 1 N–H and O–H groups in total. The van der Waals surface area contributed by atoms with E-state index in [4.69, 9.17) is 21.1 Å². The molecule has 0 radical (unpaired) electrons. The first-order valence-corrected chi connectivity index (χ1v) is 9.22. The summed E-state index contributed by atoms with van der Waals surface area (Å²) in [5.41, 5.74) is 1.35. The molecule has 0 spiro atoms. The molecule has 0 saturated carbocycles. The van der Waals surface area contributed by atoms with Crippen LogP contribution in [0.3, 0.4) is 0 Å². The number of nitrogens with zero attached hydrogens (tertiary/aromatic N) is 1. The fourth-order valence-corrected chi connectivity index (χ4v) is 2.93. The lowest BCUT2D eigenvalue weighted by atomic mass is 10.2. The summed E-state index contributed by atoms with van der Waals surface area (Å²) in [4.78, 5) is 14.0. The highest BCUT2D eigenvalue weighted by atomic mass is 35.5. The van der Waals surface area contributed by atoms with Gasteiger partial charge in [-0.1, -0.05) is 17.7 Å². The van der Waals surface area contributed by atoms with Gasteiger partial charge < -0.3 is 19.5 Å². The Kier molecular flexibility index (Phi) is 8.48. The number of amides is 1. The van der Waals surface area contributed by atoms with E-state index in [2.05, 4.69) is 10.1 Å². The van der Waals surface area contributed by atoms with Crippen molar-refractivity contribution in [1.82, 2.24) is 4.90 Å². The third-order valence-electron chi connectivity index (χ3n) is 3.83. The van der Waals surface area contributed by atoms with Crippen molar-refractivity contribution in [3.8, 4) is 17.2 Å². The van der Waals surface area contributed by atoms with E-state index in [9.17, 15) is 13.6 Å². The molecule has 0 heterocycles. The van der Waals surface area contributed by atoms with Crippen LogP contribution >= 0.6 is 11.6 Å². The van der Waals surface area contributed by atoms with Crippen LogP contribution in [-0.2, 0) is 11.3 Å². The fourth-order valence-electron chi connectivity index (χ4n) is 2.67. The molecule has 0 aliphatic heterocycles. The van der Waals surface area contributed by atoms with Gasteiger partial charge in [0.25, 0.3) is 0 Å². The van der Waals surface area contributed by atoms with Crippen LogP contribution in [0.15, 0.2) is 36.4 Å². The van der Waals surface area contributed by atoms with Gasteiger partial charge in [0.2, 0.25) is 5.91 Å². The van der Waals surface area contributed by atoms with E-state index >= 15 is 0 Å². The maximum absolute atomic E-state index is 12.5. The second-order valence-corrected chi connectivity index (χ2v) is 6.57. The Bertz CT molecular complexity index is 836. The average Bonchev–Trinajstić information content (AvgIpc) is 2.63. The molecule has 0 aliphatic rings. The summed E-state index contributed by atoms with van der Waals surface area (Å²) in [7, 11) is 3.28. The quantitative estimate of drug-likeness (QED) is 0.607. The summed E-state index contributed by atoms with van der Waals surface area (Å²) in [6.07, 6.45) is 0. The van der Waals surface area contributed by atoms with Crippen molar-refractivity contribution in [2.75, 3.05) is 32.6 Å². The molecular weight excluding hydrogens is 406 g/mol. The molecule has 0 bridgehead atoms. The second-order valence-electron chi connectivity index (χ2n) is 6.16. The van der Waals surface area contributed by atoms with Crippen LogP contribution in [0.5, 0.6) is 17.2 Å². The summed E-state index contributed by atoms with van der Waals surface area (Å²) in [5.74, 6) is 0.501. The topological polar surface area (TPSA) is 60.0 Å². The van der Waals surface area contributed by atoms with Gasteiger partial charge in [0.05, 0.1) is 25.3 Å². The number of nitrogens with one attached hydrogen (secondary N) is 1. The lowest BCUT2D eigenvalue weighted by molar-refractivity contribution is -0.117. The number of carbonyl (C=O) groups is 1. The van der Waals surface area contributed by atoms with Gasteiger partial charge in [0, 0.05) is 12.2 Å². The van der Waals surface area contributed by atoms with E-state index in [1.54, 1.807) is 49.2 Å². The smallest absolute Gasteiger partial charge is 0.387 e. The highest BCUT2D eigenvalue weighted by Crippen LogP contribution is 2.30. The van der Waals surface area contributed by atoms with Gasteiger partial charge in [0.15, 0.2) is 11.5 Å². The number of carbonyl (C=O) groups excluding carboxylic acids is 1. The van der Waals surface area contributed by atoms with Crippen molar-refractivity contribution in [2.45, 2.75) is 20.1 Å². The highest BCUT2D eigenvalue weighted by molar-refractivity contribution is 6.32. The molecule has 0 aromatic heterocycles. The van der Waals surface area contributed by atoms with Crippen LogP contribution in [0.4, 0.5) is 14.5 Å². The van der Waals surface area contributed by atoms with Crippen molar-refractivity contribution in [2.24, 2.45) is 0 Å². The molecule has 2 aromatic carbocycles. The lowest BCUT2D eigenvalue weighted by Gasteiger charge is -2.18. The van der Waals surface area contributed by atoms with Crippen LogP contribution in [-0.4, -0.2) is 44.7 Å². The monoisotopic (exact) mass is 428 g/mol. The Hall–Kier alpha value is -2.58.